The van der Waals surface area contributed by atoms with Gasteiger partial charge in [-0.2, -0.15) is 0 Å². The lowest BCUT2D eigenvalue weighted by Gasteiger charge is -2.19. The average Bonchev–Trinajstić information content (AvgIpc) is 2.26. The molecular formula is C11H21N5. The van der Waals surface area contributed by atoms with Gasteiger partial charge in [-0.3, -0.25) is 0 Å². The lowest BCUT2D eigenvalue weighted by Crippen LogP contribution is -2.28. The van der Waals surface area contributed by atoms with Crippen LogP contribution in [-0.4, -0.2) is 49.0 Å². The molecule has 1 rings (SSSR count). The van der Waals surface area contributed by atoms with Crippen molar-refractivity contribution >= 4 is 5.82 Å². The van der Waals surface area contributed by atoms with Crippen LogP contribution in [0.15, 0.2) is 18.3 Å². The SMILES string of the molecule is CN(C)CCN(C)Cc1ccnc(NN)c1. The highest BCUT2D eigenvalue weighted by Crippen LogP contribution is 2.07. The Morgan fingerprint density at radius 1 is 1.31 bits per heavy atom. The number of aromatic nitrogens is 1. The van der Waals surface area contributed by atoms with Crippen molar-refractivity contribution in [2.45, 2.75) is 6.54 Å². The van der Waals surface area contributed by atoms with Crippen molar-refractivity contribution in [2.75, 3.05) is 39.7 Å². The smallest absolute Gasteiger partial charge is 0.140 e. The van der Waals surface area contributed by atoms with Gasteiger partial charge in [0.15, 0.2) is 0 Å². The Morgan fingerprint density at radius 3 is 2.69 bits per heavy atom. The van der Waals surface area contributed by atoms with Crippen molar-refractivity contribution in [3.63, 3.8) is 0 Å². The molecule has 0 aliphatic heterocycles. The molecule has 5 heteroatoms. The first-order valence-corrected chi connectivity index (χ1v) is 5.36. The average molecular weight is 223 g/mol. The molecule has 16 heavy (non-hydrogen) atoms. The quantitative estimate of drug-likeness (QED) is 0.539. The van der Waals surface area contributed by atoms with Crippen LogP contribution in [-0.2, 0) is 6.54 Å². The highest BCUT2D eigenvalue weighted by molar-refractivity contribution is 5.35. The maximum atomic E-state index is 5.32. The van der Waals surface area contributed by atoms with Crippen LogP contribution in [0.1, 0.15) is 5.56 Å². The van der Waals surface area contributed by atoms with Crippen LogP contribution >= 0.6 is 0 Å². The minimum Gasteiger partial charge on any atom is -0.308 e. The number of hydrogen-bond acceptors (Lipinski definition) is 5. The van der Waals surface area contributed by atoms with Gasteiger partial charge in [0.1, 0.15) is 5.82 Å². The maximum Gasteiger partial charge on any atom is 0.140 e. The van der Waals surface area contributed by atoms with Crippen LogP contribution in [0.4, 0.5) is 5.82 Å². The van der Waals surface area contributed by atoms with E-state index in [-0.39, 0.29) is 0 Å². The molecule has 0 radical (unpaired) electrons. The van der Waals surface area contributed by atoms with Gasteiger partial charge in [-0.15, -0.1) is 0 Å². The van der Waals surface area contributed by atoms with Gasteiger partial charge in [-0.25, -0.2) is 10.8 Å². The number of hydrazine groups is 1. The molecule has 0 spiro atoms. The molecular weight excluding hydrogens is 202 g/mol. The summed E-state index contributed by atoms with van der Waals surface area (Å²) in [4.78, 5) is 8.53. The summed E-state index contributed by atoms with van der Waals surface area (Å²) in [6.07, 6.45) is 1.77. The number of nitrogens with two attached hydrogens (primary N) is 1. The maximum absolute atomic E-state index is 5.32. The first kappa shape index (κ1) is 12.9. The lowest BCUT2D eigenvalue weighted by atomic mass is 10.2. The van der Waals surface area contributed by atoms with Crippen LogP contribution in [0, 0.1) is 0 Å². The Labute approximate surface area is 97.2 Å². The molecule has 1 aromatic rings. The lowest BCUT2D eigenvalue weighted by molar-refractivity contribution is 0.276. The number of nitrogens with zero attached hydrogens (tertiary/aromatic N) is 3. The van der Waals surface area contributed by atoms with Crippen LogP contribution in [0.3, 0.4) is 0 Å². The van der Waals surface area contributed by atoms with Gasteiger partial charge in [0.05, 0.1) is 0 Å². The third-order valence-electron chi connectivity index (χ3n) is 2.35. The summed E-state index contributed by atoms with van der Waals surface area (Å²) in [6.45, 7) is 3.01. The van der Waals surface area contributed by atoms with Crippen LogP contribution in [0.25, 0.3) is 0 Å². The second kappa shape index (κ2) is 6.42. The van der Waals surface area contributed by atoms with E-state index in [4.69, 9.17) is 5.84 Å². The number of nitrogens with one attached hydrogen (secondary N) is 1. The minimum atomic E-state index is 0.707. The highest BCUT2D eigenvalue weighted by atomic mass is 15.2. The Hall–Kier alpha value is -1.17. The van der Waals surface area contributed by atoms with Gasteiger partial charge >= 0.3 is 0 Å². The van der Waals surface area contributed by atoms with E-state index in [1.807, 2.05) is 12.1 Å². The van der Waals surface area contributed by atoms with Crippen molar-refractivity contribution in [2.24, 2.45) is 5.84 Å². The van der Waals surface area contributed by atoms with Crippen LogP contribution < -0.4 is 11.3 Å². The van der Waals surface area contributed by atoms with E-state index in [0.29, 0.717) is 5.82 Å². The molecule has 3 N–H and O–H groups in total. The molecule has 0 aliphatic rings. The largest absolute Gasteiger partial charge is 0.308 e. The fourth-order valence-corrected chi connectivity index (χ4v) is 1.41. The molecule has 0 atom stereocenters. The van der Waals surface area contributed by atoms with E-state index in [0.717, 1.165) is 19.6 Å². The topological polar surface area (TPSA) is 57.4 Å². The van der Waals surface area contributed by atoms with E-state index in [9.17, 15) is 0 Å². The van der Waals surface area contributed by atoms with Crippen LogP contribution in [0.5, 0.6) is 0 Å². The fraction of sp³-hybridized carbons (Fsp3) is 0.545. The standard InChI is InChI=1S/C11H21N5/c1-15(2)6-7-16(3)9-10-4-5-13-11(8-10)14-12/h4-5,8H,6-7,9,12H2,1-3H3,(H,13,14). The number of pyridine rings is 1. The number of rotatable bonds is 6. The summed E-state index contributed by atoms with van der Waals surface area (Å²) in [7, 11) is 6.27. The first-order valence-electron chi connectivity index (χ1n) is 5.36. The molecule has 0 saturated carbocycles. The predicted molar refractivity (Wildman–Crippen MR) is 66.9 cm³/mol. The zero-order valence-electron chi connectivity index (χ0n) is 10.3. The second-order valence-corrected chi connectivity index (χ2v) is 4.23. The van der Waals surface area contributed by atoms with Crippen molar-refractivity contribution in [3.8, 4) is 0 Å². The summed E-state index contributed by atoms with van der Waals surface area (Å²) in [5, 5.41) is 0. The van der Waals surface area contributed by atoms with Gasteiger partial charge in [0, 0.05) is 25.8 Å². The van der Waals surface area contributed by atoms with E-state index >= 15 is 0 Å². The fourth-order valence-electron chi connectivity index (χ4n) is 1.41. The Balaban J connectivity index is 2.45. The Bertz CT molecular complexity index is 313. The summed E-state index contributed by atoms with van der Waals surface area (Å²) in [5.41, 5.74) is 3.77. The summed E-state index contributed by atoms with van der Waals surface area (Å²) in [5.74, 6) is 6.02. The predicted octanol–water partition coefficient (Wildman–Crippen LogP) is 0.361. The molecule has 0 unspecified atom stereocenters. The monoisotopic (exact) mass is 223 g/mol. The molecule has 0 fully saturated rings. The van der Waals surface area contributed by atoms with Gasteiger partial charge in [0.2, 0.25) is 0 Å². The summed E-state index contributed by atoms with van der Waals surface area (Å²) in [6, 6.07) is 3.97. The summed E-state index contributed by atoms with van der Waals surface area (Å²) >= 11 is 0. The van der Waals surface area contributed by atoms with Gasteiger partial charge < -0.3 is 15.2 Å². The van der Waals surface area contributed by atoms with E-state index < -0.39 is 0 Å². The third-order valence-corrected chi connectivity index (χ3v) is 2.35. The molecule has 1 aromatic heterocycles. The minimum absolute atomic E-state index is 0.707. The zero-order valence-corrected chi connectivity index (χ0v) is 10.3. The molecule has 90 valence electrons. The van der Waals surface area contributed by atoms with Gasteiger partial charge in [-0.1, -0.05) is 0 Å². The molecule has 5 nitrogen and oxygen atoms in total. The highest BCUT2D eigenvalue weighted by Gasteiger charge is 2.02. The number of nitrogen functional groups attached to an aromatic ring is 1. The number of anilines is 1. The van der Waals surface area contributed by atoms with Crippen molar-refractivity contribution in [1.82, 2.24) is 14.8 Å². The Morgan fingerprint density at radius 2 is 2.06 bits per heavy atom. The zero-order chi connectivity index (χ0) is 12.0. The van der Waals surface area contributed by atoms with E-state index in [1.54, 1.807) is 6.20 Å². The van der Waals surface area contributed by atoms with Crippen molar-refractivity contribution < 1.29 is 0 Å². The van der Waals surface area contributed by atoms with Crippen LogP contribution in [0.2, 0.25) is 0 Å². The Kier molecular flexibility index (Phi) is 5.18. The molecule has 0 aromatic carbocycles. The molecule has 0 saturated heterocycles. The van der Waals surface area contributed by atoms with Gasteiger partial charge in [-0.05, 0) is 38.8 Å². The van der Waals surface area contributed by atoms with Gasteiger partial charge in [0.25, 0.3) is 0 Å². The van der Waals surface area contributed by atoms with Crippen molar-refractivity contribution in [3.05, 3.63) is 23.9 Å². The van der Waals surface area contributed by atoms with E-state index in [2.05, 4.69) is 41.4 Å². The molecule has 0 amide bonds. The number of likely N-dealkylation sites (N-methyl/N-ethyl adjacent to an activating group) is 2. The third kappa shape index (κ3) is 4.57. The van der Waals surface area contributed by atoms with Crippen molar-refractivity contribution in [1.29, 1.82) is 0 Å². The first-order chi connectivity index (χ1) is 7.61. The second-order valence-electron chi connectivity index (χ2n) is 4.23. The molecule has 1 heterocycles. The summed E-state index contributed by atoms with van der Waals surface area (Å²) < 4.78 is 0. The molecule has 0 aliphatic carbocycles. The molecule has 0 bridgehead atoms. The number of hydrogen-bond donors (Lipinski definition) is 2. The normalized spacial score (nSPS) is 11.1. The van der Waals surface area contributed by atoms with E-state index in [1.165, 1.54) is 5.56 Å².